The van der Waals surface area contributed by atoms with Crippen molar-refractivity contribution in [1.82, 2.24) is 0 Å². The third kappa shape index (κ3) is 2.27. The summed E-state index contributed by atoms with van der Waals surface area (Å²) in [5, 5.41) is 8.55. The van der Waals surface area contributed by atoms with Crippen LogP contribution in [0.4, 0.5) is 0 Å². The first-order chi connectivity index (χ1) is 5.36. The Hall–Kier alpha value is -0.970. The maximum absolute atomic E-state index is 8.55. The zero-order chi connectivity index (χ0) is 8.10. The van der Waals surface area contributed by atoms with Crippen molar-refractivity contribution in [1.29, 1.82) is 5.26 Å². The molecular weight excluding hydrogens is 138 g/mol. The lowest BCUT2D eigenvalue weighted by atomic mass is 10.1. The molecule has 0 aromatic rings. The molecular formula is C9H13NO. The summed E-state index contributed by atoms with van der Waals surface area (Å²) in [6.07, 6.45) is 5.12. The maximum atomic E-state index is 8.55. The molecule has 1 saturated heterocycles. The molecule has 11 heavy (non-hydrogen) atoms. The Kier molecular flexibility index (Phi) is 2.97. The highest BCUT2D eigenvalue weighted by Gasteiger charge is 2.19. The van der Waals surface area contributed by atoms with E-state index in [9.17, 15) is 0 Å². The van der Waals surface area contributed by atoms with Gasteiger partial charge in [0.25, 0.3) is 0 Å². The van der Waals surface area contributed by atoms with Gasteiger partial charge in [0.1, 0.15) is 6.61 Å². The Morgan fingerprint density at radius 2 is 2.64 bits per heavy atom. The summed E-state index contributed by atoms with van der Waals surface area (Å²) in [4.78, 5) is 0. The highest BCUT2D eigenvalue weighted by Crippen LogP contribution is 2.22. The molecule has 60 valence electrons. The number of hydrogen-bond acceptors (Lipinski definition) is 2. The molecule has 1 unspecified atom stereocenters. The average Bonchev–Trinajstić information content (AvgIpc) is 2.48. The van der Waals surface area contributed by atoms with Crippen LogP contribution in [0.1, 0.15) is 26.2 Å². The van der Waals surface area contributed by atoms with Crippen LogP contribution in [-0.4, -0.2) is 6.61 Å². The fourth-order valence-electron chi connectivity index (χ4n) is 1.10. The standard InChI is InChI=1S/C9H13NO/c1-2-3-4-9-5-8(6-10)7-11-9/h4,8H,2-3,5,7H2,1H3/b9-4+. The van der Waals surface area contributed by atoms with Gasteiger partial charge in [-0.2, -0.15) is 5.26 Å². The van der Waals surface area contributed by atoms with E-state index < -0.39 is 0 Å². The quantitative estimate of drug-likeness (QED) is 0.606. The summed E-state index contributed by atoms with van der Waals surface area (Å²) < 4.78 is 5.30. The van der Waals surface area contributed by atoms with Crippen molar-refractivity contribution in [2.75, 3.05) is 6.61 Å². The molecule has 2 nitrogen and oxygen atoms in total. The van der Waals surface area contributed by atoms with Gasteiger partial charge < -0.3 is 4.74 Å². The van der Waals surface area contributed by atoms with Crippen LogP contribution in [0.5, 0.6) is 0 Å². The summed E-state index contributed by atoms with van der Waals surface area (Å²) in [6, 6.07) is 2.20. The maximum Gasteiger partial charge on any atom is 0.104 e. The van der Waals surface area contributed by atoms with E-state index in [1.165, 1.54) is 0 Å². The zero-order valence-corrected chi connectivity index (χ0v) is 6.84. The third-order valence-electron chi connectivity index (χ3n) is 1.76. The number of ether oxygens (including phenoxy) is 1. The van der Waals surface area contributed by atoms with Crippen LogP contribution in [0.25, 0.3) is 0 Å². The SMILES string of the molecule is CCC/C=C1\CC(C#N)CO1. The number of rotatable bonds is 2. The van der Waals surface area contributed by atoms with Gasteiger partial charge in [0.15, 0.2) is 0 Å². The van der Waals surface area contributed by atoms with Gasteiger partial charge in [-0.1, -0.05) is 13.3 Å². The predicted molar refractivity (Wildman–Crippen MR) is 42.7 cm³/mol. The van der Waals surface area contributed by atoms with E-state index in [4.69, 9.17) is 10.00 Å². The first kappa shape index (κ1) is 8.13. The summed E-state index contributed by atoms with van der Waals surface area (Å²) in [6.45, 7) is 2.72. The molecule has 1 fully saturated rings. The number of nitrogens with zero attached hydrogens (tertiary/aromatic N) is 1. The lowest BCUT2D eigenvalue weighted by molar-refractivity contribution is 0.251. The number of unbranched alkanes of at least 4 members (excludes halogenated alkanes) is 1. The molecule has 1 aliphatic rings. The predicted octanol–water partition coefficient (Wildman–Crippen LogP) is 2.23. The smallest absolute Gasteiger partial charge is 0.104 e. The van der Waals surface area contributed by atoms with Crippen LogP contribution in [0, 0.1) is 17.2 Å². The van der Waals surface area contributed by atoms with E-state index in [1.807, 2.05) is 0 Å². The second-order valence-electron chi connectivity index (χ2n) is 2.80. The minimum atomic E-state index is 0.0955. The van der Waals surface area contributed by atoms with Crippen molar-refractivity contribution in [2.45, 2.75) is 26.2 Å². The van der Waals surface area contributed by atoms with Crippen molar-refractivity contribution < 1.29 is 4.74 Å². The lowest BCUT2D eigenvalue weighted by Crippen LogP contribution is -1.91. The number of nitriles is 1. The molecule has 2 heteroatoms. The third-order valence-corrected chi connectivity index (χ3v) is 1.76. The van der Waals surface area contributed by atoms with Crippen molar-refractivity contribution in [2.24, 2.45) is 5.92 Å². The summed E-state index contributed by atoms with van der Waals surface area (Å²) in [7, 11) is 0. The lowest BCUT2D eigenvalue weighted by Gasteiger charge is -1.94. The van der Waals surface area contributed by atoms with Crippen LogP contribution in [0.15, 0.2) is 11.8 Å². The van der Waals surface area contributed by atoms with Crippen LogP contribution in [0.3, 0.4) is 0 Å². The van der Waals surface area contributed by atoms with Crippen molar-refractivity contribution >= 4 is 0 Å². The molecule has 1 rings (SSSR count). The van der Waals surface area contributed by atoms with E-state index in [-0.39, 0.29) is 5.92 Å². The molecule has 1 aliphatic heterocycles. The van der Waals surface area contributed by atoms with Crippen LogP contribution >= 0.6 is 0 Å². The van der Waals surface area contributed by atoms with E-state index in [0.717, 1.165) is 25.0 Å². The topological polar surface area (TPSA) is 33.0 Å². The minimum Gasteiger partial charge on any atom is -0.497 e. The minimum absolute atomic E-state index is 0.0955. The van der Waals surface area contributed by atoms with E-state index in [1.54, 1.807) is 0 Å². The first-order valence-electron chi connectivity index (χ1n) is 4.08. The van der Waals surface area contributed by atoms with Crippen LogP contribution < -0.4 is 0 Å². The van der Waals surface area contributed by atoms with Crippen LogP contribution in [-0.2, 0) is 4.74 Å². The number of allylic oxidation sites excluding steroid dienone is 2. The Labute approximate surface area is 67.5 Å². The summed E-state index contributed by atoms with van der Waals surface area (Å²) in [5.41, 5.74) is 0. The van der Waals surface area contributed by atoms with E-state index >= 15 is 0 Å². The van der Waals surface area contributed by atoms with Gasteiger partial charge in [-0.3, -0.25) is 0 Å². The number of hydrogen-bond donors (Lipinski definition) is 0. The zero-order valence-electron chi connectivity index (χ0n) is 6.84. The molecule has 0 spiro atoms. The van der Waals surface area contributed by atoms with Gasteiger partial charge in [0, 0.05) is 6.42 Å². The van der Waals surface area contributed by atoms with Gasteiger partial charge in [-0.15, -0.1) is 0 Å². The van der Waals surface area contributed by atoms with Gasteiger partial charge >= 0.3 is 0 Å². The van der Waals surface area contributed by atoms with Crippen molar-refractivity contribution in [3.63, 3.8) is 0 Å². The highest BCUT2D eigenvalue weighted by atomic mass is 16.5. The van der Waals surface area contributed by atoms with E-state index in [2.05, 4.69) is 19.1 Å². The average molecular weight is 151 g/mol. The molecule has 0 bridgehead atoms. The molecule has 0 saturated carbocycles. The summed E-state index contributed by atoms with van der Waals surface area (Å²) in [5.74, 6) is 1.11. The molecule has 1 atom stereocenters. The van der Waals surface area contributed by atoms with Gasteiger partial charge in [-0.05, 0) is 12.5 Å². The Morgan fingerprint density at radius 1 is 1.82 bits per heavy atom. The van der Waals surface area contributed by atoms with Crippen molar-refractivity contribution in [3.05, 3.63) is 11.8 Å². The molecule has 0 amide bonds. The summed E-state index contributed by atoms with van der Waals surface area (Å²) >= 11 is 0. The second-order valence-corrected chi connectivity index (χ2v) is 2.80. The molecule has 1 heterocycles. The van der Waals surface area contributed by atoms with Gasteiger partial charge in [-0.25, -0.2) is 0 Å². The highest BCUT2D eigenvalue weighted by molar-refractivity contribution is 5.04. The molecule has 0 aromatic carbocycles. The fourth-order valence-corrected chi connectivity index (χ4v) is 1.10. The fraction of sp³-hybridized carbons (Fsp3) is 0.667. The second kappa shape index (κ2) is 4.02. The molecule has 0 radical (unpaired) electrons. The monoisotopic (exact) mass is 151 g/mol. The van der Waals surface area contributed by atoms with E-state index in [0.29, 0.717) is 6.61 Å². The Morgan fingerprint density at radius 3 is 3.18 bits per heavy atom. The van der Waals surface area contributed by atoms with Crippen molar-refractivity contribution in [3.8, 4) is 6.07 Å². The van der Waals surface area contributed by atoms with Gasteiger partial charge in [0.05, 0.1) is 17.7 Å². The van der Waals surface area contributed by atoms with Gasteiger partial charge in [0.2, 0.25) is 0 Å². The van der Waals surface area contributed by atoms with Crippen LogP contribution in [0.2, 0.25) is 0 Å². The normalized spacial score (nSPS) is 26.5. The Balaban J connectivity index is 2.36. The molecule has 0 aliphatic carbocycles. The Bertz CT molecular complexity index is 190. The molecule has 0 N–H and O–H groups in total. The molecule has 0 aromatic heterocycles. The first-order valence-corrected chi connectivity index (χ1v) is 4.08. The largest absolute Gasteiger partial charge is 0.497 e.